The van der Waals surface area contributed by atoms with Gasteiger partial charge in [0.25, 0.3) is 0 Å². The lowest BCUT2D eigenvalue weighted by atomic mass is 9.87. The van der Waals surface area contributed by atoms with Crippen LogP contribution in [-0.2, 0) is 6.42 Å². The lowest BCUT2D eigenvalue weighted by Gasteiger charge is -2.40. The molecule has 0 saturated carbocycles. The lowest BCUT2D eigenvalue weighted by molar-refractivity contribution is 0.115. The predicted molar refractivity (Wildman–Crippen MR) is 78.9 cm³/mol. The summed E-state index contributed by atoms with van der Waals surface area (Å²) >= 11 is 0. The topological polar surface area (TPSA) is 26.7 Å². The molecule has 0 aliphatic carbocycles. The van der Waals surface area contributed by atoms with Crippen LogP contribution in [0.5, 0.6) is 0 Å². The van der Waals surface area contributed by atoms with Gasteiger partial charge < -0.3 is 10.0 Å². The van der Waals surface area contributed by atoms with Crippen molar-refractivity contribution in [3.05, 3.63) is 29.3 Å². The van der Waals surface area contributed by atoms with Crippen molar-refractivity contribution in [2.75, 3.05) is 37.7 Å². The molecule has 0 bridgehead atoms. The summed E-state index contributed by atoms with van der Waals surface area (Å²) < 4.78 is 0. The second kappa shape index (κ2) is 5.14. The molecule has 0 unspecified atom stereocenters. The molecule has 1 aromatic carbocycles. The monoisotopic (exact) mass is 260 g/mol. The van der Waals surface area contributed by atoms with E-state index in [0.717, 1.165) is 26.2 Å². The maximum absolute atomic E-state index is 8.96. The van der Waals surface area contributed by atoms with Crippen LogP contribution in [0.1, 0.15) is 30.9 Å². The first-order valence-electron chi connectivity index (χ1n) is 7.42. The molecule has 0 amide bonds. The van der Waals surface area contributed by atoms with Crippen molar-refractivity contribution < 1.29 is 5.11 Å². The zero-order valence-corrected chi connectivity index (χ0v) is 12.0. The fourth-order valence-corrected chi connectivity index (χ4v) is 3.50. The van der Waals surface area contributed by atoms with Gasteiger partial charge in [0, 0.05) is 43.8 Å². The van der Waals surface area contributed by atoms with Gasteiger partial charge in [-0.05, 0) is 37.5 Å². The maximum Gasteiger partial charge on any atom is 0.0558 e. The highest BCUT2D eigenvalue weighted by molar-refractivity contribution is 5.62. The normalized spacial score (nSPS) is 19.9. The summed E-state index contributed by atoms with van der Waals surface area (Å²) in [5.41, 5.74) is 4.58. The van der Waals surface area contributed by atoms with Gasteiger partial charge in [0.05, 0.1) is 6.61 Å². The van der Waals surface area contributed by atoms with E-state index in [2.05, 4.69) is 41.8 Å². The Balaban J connectivity index is 1.78. The van der Waals surface area contributed by atoms with E-state index in [9.17, 15) is 0 Å². The quantitative estimate of drug-likeness (QED) is 0.895. The molecule has 1 N–H and O–H groups in total. The number of fused-ring (bicyclic) bond motifs is 1. The molecule has 19 heavy (non-hydrogen) atoms. The molecular formula is C16H24N2O. The Hall–Kier alpha value is -1.06. The molecule has 0 spiro atoms. The number of benzene rings is 1. The van der Waals surface area contributed by atoms with Crippen molar-refractivity contribution in [1.82, 2.24) is 4.90 Å². The van der Waals surface area contributed by atoms with E-state index in [-0.39, 0.29) is 6.61 Å². The predicted octanol–water partition coefficient (Wildman–Crippen LogP) is 1.85. The van der Waals surface area contributed by atoms with Gasteiger partial charge in [0.2, 0.25) is 0 Å². The molecule has 0 atom stereocenters. The van der Waals surface area contributed by atoms with Gasteiger partial charge in [-0.25, -0.2) is 0 Å². The van der Waals surface area contributed by atoms with Gasteiger partial charge in [-0.1, -0.05) is 12.1 Å². The van der Waals surface area contributed by atoms with Crippen molar-refractivity contribution in [2.24, 2.45) is 0 Å². The summed E-state index contributed by atoms with van der Waals surface area (Å²) in [7, 11) is 0. The number of hydrogen-bond donors (Lipinski definition) is 1. The molecule has 1 aromatic rings. The van der Waals surface area contributed by atoms with Crippen molar-refractivity contribution in [1.29, 1.82) is 0 Å². The molecule has 2 aliphatic rings. The number of anilines is 1. The second-order valence-electron chi connectivity index (χ2n) is 6.06. The first kappa shape index (κ1) is 12.9. The van der Waals surface area contributed by atoms with Gasteiger partial charge in [0.1, 0.15) is 0 Å². The Morgan fingerprint density at radius 3 is 2.79 bits per heavy atom. The van der Waals surface area contributed by atoms with E-state index < -0.39 is 0 Å². The van der Waals surface area contributed by atoms with Crippen molar-refractivity contribution in [3.63, 3.8) is 0 Å². The van der Waals surface area contributed by atoms with E-state index in [1.165, 1.54) is 12.1 Å². The van der Waals surface area contributed by atoms with Crippen LogP contribution in [-0.4, -0.2) is 48.8 Å². The summed E-state index contributed by atoms with van der Waals surface area (Å²) in [5, 5.41) is 8.96. The standard InChI is InChI=1S/C16H24N2O/c1-12(2)18-7-6-15-14(4-3-5-16(15)18)13-10-17(11-13)8-9-19/h3-5,12-13,19H,6-11H2,1-2H3. The van der Waals surface area contributed by atoms with Crippen molar-refractivity contribution in [3.8, 4) is 0 Å². The summed E-state index contributed by atoms with van der Waals surface area (Å²) in [6, 6.07) is 7.38. The summed E-state index contributed by atoms with van der Waals surface area (Å²) in [6.07, 6.45) is 1.19. The van der Waals surface area contributed by atoms with Gasteiger partial charge in [-0.2, -0.15) is 0 Å². The maximum atomic E-state index is 8.96. The Labute approximate surface area is 115 Å². The van der Waals surface area contributed by atoms with Crippen LogP contribution < -0.4 is 4.90 Å². The number of rotatable bonds is 4. The number of likely N-dealkylation sites (tertiary alicyclic amines) is 1. The first-order chi connectivity index (χ1) is 9.20. The molecule has 2 aliphatic heterocycles. The lowest BCUT2D eigenvalue weighted by Crippen LogP contribution is -2.46. The van der Waals surface area contributed by atoms with Gasteiger partial charge >= 0.3 is 0 Å². The number of β-amino-alcohol motifs (C(OH)–C–C–N with tert-alkyl or cyclic N) is 1. The average Bonchev–Trinajstić information content (AvgIpc) is 2.77. The van der Waals surface area contributed by atoms with Crippen LogP contribution in [0.25, 0.3) is 0 Å². The van der Waals surface area contributed by atoms with Crippen LogP contribution in [0.3, 0.4) is 0 Å². The highest BCUT2D eigenvalue weighted by Gasteiger charge is 2.32. The second-order valence-corrected chi connectivity index (χ2v) is 6.06. The fourth-order valence-electron chi connectivity index (χ4n) is 3.50. The SMILES string of the molecule is CC(C)N1CCc2c(C3CN(CCO)C3)cccc21. The molecule has 0 aromatic heterocycles. The number of aliphatic hydroxyl groups is 1. The molecule has 3 heteroatoms. The van der Waals surface area contributed by atoms with Crippen LogP contribution in [0, 0.1) is 0 Å². The fraction of sp³-hybridized carbons (Fsp3) is 0.625. The van der Waals surface area contributed by atoms with E-state index >= 15 is 0 Å². The van der Waals surface area contributed by atoms with Crippen LogP contribution in [0.15, 0.2) is 18.2 Å². The molecule has 3 rings (SSSR count). The summed E-state index contributed by atoms with van der Waals surface area (Å²) in [5.74, 6) is 0.675. The zero-order chi connectivity index (χ0) is 13.4. The molecule has 3 nitrogen and oxygen atoms in total. The minimum Gasteiger partial charge on any atom is -0.395 e. The Morgan fingerprint density at radius 2 is 2.11 bits per heavy atom. The van der Waals surface area contributed by atoms with Crippen LogP contribution in [0.2, 0.25) is 0 Å². The molecule has 1 saturated heterocycles. The van der Waals surface area contributed by atoms with Gasteiger partial charge in [0.15, 0.2) is 0 Å². The highest BCUT2D eigenvalue weighted by atomic mass is 16.3. The Kier molecular flexibility index (Phi) is 3.50. The zero-order valence-electron chi connectivity index (χ0n) is 12.0. The third kappa shape index (κ3) is 2.26. The average molecular weight is 260 g/mol. The largest absolute Gasteiger partial charge is 0.395 e. The van der Waals surface area contributed by atoms with E-state index in [0.29, 0.717) is 12.0 Å². The summed E-state index contributed by atoms with van der Waals surface area (Å²) in [6.45, 7) is 9.03. The van der Waals surface area contributed by atoms with Crippen LogP contribution >= 0.6 is 0 Å². The number of aliphatic hydroxyl groups excluding tert-OH is 1. The van der Waals surface area contributed by atoms with E-state index in [1.807, 2.05) is 0 Å². The molecule has 0 radical (unpaired) electrons. The molecule has 104 valence electrons. The van der Waals surface area contributed by atoms with E-state index in [4.69, 9.17) is 5.11 Å². The molecule has 1 fully saturated rings. The third-order valence-corrected chi connectivity index (χ3v) is 4.54. The van der Waals surface area contributed by atoms with Gasteiger partial charge in [-0.15, -0.1) is 0 Å². The minimum atomic E-state index is 0.279. The van der Waals surface area contributed by atoms with E-state index in [1.54, 1.807) is 11.1 Å². The Morgan fingerprint density at radius 1 is 1.32 bits per heavy atom. The smallest absolute Gasteiger partial charge is 0.0558 e. The van der Waals surface area contributed by atoms with Crippen molar-refractivity contribution >= 4 is 5.69 Å². The highest BCUT2D eigenvalue weighted by Crippen LogP contribution is 2.38. The molecule has 2 heterocycles. The van der Waals surface area contributed by atoms with Crippen LogP contribution in [0.4, 0.5) is 5.69 Å². The van der Waals surface area contributed by atoms with Gasteiger partial charge in [-0.3, -0.25) is 4.90 Å². The Bertz CT molecular complexity index is 452. The third-order valence-electron chi connectivity index (χ3n) is 4.54. The number of hydrogen-bond acceptors (Lipinski definition) is 3. The number of nitrogens with zero attached hydrogens (tertiary/aromatic N) is 2. The molecular weight excluding hydrogens is 236 g/mol. The summed E-state index contributed by atoms with van der Waals surface area (Å²) in [4.78, 5) is 4.85. The van der Waals surface area contributed by atoms with Crippen molar-refractivity contribution in [2.45, 2.75) is 32.2 Å². The minimum absolute atomic E-state index is 0.279. The first-order valence-corrected chi connectivity index (χ1v) is 7.42.